The number of nitrogens with zero attached hydrogens (tertiary/aromatic N) is 2. The molecule has 0 radical (unpaired) electrons. The maximum atomic E-state index is 13.0. The summed E-state index contributed by atoms with van der Waals surface area (Å²) in [6.07, 6.45) is 0. The molecule has 1 aromatic heterocycles. The lowest BCUT2D eigenvalue weighted by molar-refractivity contribution is 0.102. The number of hydrogen-bond donors (Lipinski definition) is 2. The van der Waals surface area contributed by atoms with Gasteiger partial charge in [0.1, 0.15) is 0 Å². The van der Waals surface area contributed by atoms with Crippen molar-refractivity contribution in [3.63, 3.8) is 0 Å². The van der Waals surface area contributed by atoms with Crippen LogP contribution in [0.4, 0.5) is 10.8 Å². The maximum absolute atomic E-state index is 13.0. The summed E-state index contributed by atoms with van der Waals surface area (Å²) in [4.78, 5) is 12.4. The van der Waals surface area contributed by atoms with Crippen LogP contribution in [0.25, 0.3) is 0 Å². The number of rotatable bonds is 8. The number of ether oxygens (including phenoxy) is 2. The number of aromatic nitrogens is 2. The normalized spacial score (nSPS) is 11.1. The summed E-state index contributed by atoms with van der Waals surface area (Å²) in [5, 5.41) is 10.7. The Hall–Kier alpha value is -3.38. The van der Waals surface area contributed by atoms with Crippen LogP contribution >= 0.6 is 34.5 Å². The Morgan fingerprint density at radius 3 is 2.31 bits per heavy atom. The van der Waals surface area contributed by atoms with Crippen LogP contribution < -0.4 is 19.5 Å². The van der Waals surface area contributed by atoms with E-state index in [1.807, 2.05) is 0 Å². The number of benzene rings is 3. The predicted octanol–water partition coefficient (Wildman–Crippen LogP) is 5.70. The first kappa shape index (κ1) is 24.7. The number of sulfonamides is 1. The smallest absolute Gasteiger partial charge is 0.291 e. The van der Waals surface area contributed by atoms with Crippen molar-refractivity contribution < 1.29 is 22.7 Å². The van der Waals surface area contributed by atoms with E-state index in [9.17, 15) is 13.2 Å². The molecule has 0 aliphatic carbocycles. The highest BCUT2D eigenvalue weighted by Gasteiger charge is 2.23. The van der Waals surface area contributed by atoms with E-state index in [2.05, 4.69) is 20.2 Å². The monoisotopic (exact) mass is 550 g/mol. The van der Waals surface area contributed by atoms with Crippen LogP contribution in [0.15, 0.2) is 71.1 Å². The van der Waals surface area contributed by atoms with E-state index >= 15 is 0 Å². The predicted molar refractivity (Wildman–Crippen MR) is 135 cm³/mol. The number of methoxy groups -OCH3 is 1. The number of amides is 1. The van der Waals surface area contributed by atoms with E-state index in [-0.39, 0.29) is 25.9 Å². The molecule has 0 atom stereocenters. The maximum Gasteiger partial charge on any atom is 0.291 e. The zero-order valence-corrected chi connectivity index (χ0v) is 21.0. The first-order valence-corrected chi connectivity index (χ1v) is 12.8. The molecule has 9 nitrogen and oxygen atoms in total. The van der Waals surface area contributed by atoms with Crippen molar-refractivity contribution in [2.45, 2.75) is 4.34 Å². The van der Waals surface area contributed by atoms with Gasteiger partial charge in [-0.25, -0.2) is 0 Å². The highest BCUT2D eigenvalue weighted by atomic mass is 35.5. The largest absolute Gasteiger partial charge is 0.493 e. The lowest BCUT2D eigenvalue weighted by atomic mass is 10.2. The Bertz CT molecular complexity index is 1480. The van der Waals surface area contributed by atoms with Gasteiger partial charge in [-0.3, -0.25) is 14.8 Å². The lowest BCUT2D eigenvalue weighted by Crippen LogP contribution is -2.13. The van der Waals surface area contributed by atoms with Gasteiger partial charge in [0.05, 0.1) is 12.8 Å². The highest BCUT2D eigenvalue weighted by molar-refractivity contribution is 7.94. The van der Waals surface area contributed by atoms with Crippen LogP contribution in [0.2, 0.25) is 10.0 Å². The average Bonchev–Trinajstić information content (AvgIpc) is 3.31. The fourth-order valence-corrected chi connectivity index (χ4v) is 5.08. The molecule has 0 aliphatic rings. The number of nitrogens with one attached hydrogen (secondary N) is 2. The molecular formula is C22H16Cl2N4O5S2. The second kappa shape index (κ2) is 10.5. The van der Waals surface area contributed by atoms with Crippen molar-refractivity contribution in [1.29, 1.82) is 0 Å². The van der Waals surface area contributed by atoms with Crippen molar-refractivity contribution in [2.75, 3.05) is 17.1 Å². The molecule has 13 heteroatoms. The van der Waals surface area contributed by atoms with Crippen LogP contribution in [-0.2, 0) is 10.0 Å². The zero-order valence-electron chi connectivity index (χ0n) is 17.9. The fraction of sp³-hybridized carbons (Fsp3) is 0.0455. The van der Waals surface area contributed by atoms with Crippen LogP contribution in [0, 0.1) is 0 Å². The SMILES string of the molecule is COc1ccccc1Oc1ccc(Cl)cc1NS(=O)(=O)c1nnc(NC(=O)c2ccc(Cl)cc2)s1. The number of hydrogen-bond acceptors (Lipinski definition) is 8. The summed E-state index contributed by atoms with van der Waals surface area (Å²) in [5.41, 5.74) is 0.398. The molecule has 180 valence electrons. The third-order valence-electron chi connectivity index (χ3n) is 4.44. The Labute approximate surface area is 214 Å². The highest BCUT2D eigenvalue weighted by Crippen LogP contribution is 2.37. The minimum Gasteiger partial charge on any atom is -0.493 e. The lowest BCUT2D eigenvalue weighted by Gasteiger charge is -2.14. The summed E-state index contributed by atoms with van der Waals surface area (Å²) in [6.45, 7) is 0. The Morgan fingerprint density at radius 1 is 0.914 bits per heavy atom. The van der Waals surface area contributed by atoms with Crippen LogP contribution in [-0.4, -0.2) is 31.6 Å². The quantitative estimate of drug-likeness (QED) is 0.270. The minimum absolute atomic E-state index is 0.00177. The molecule has 1 amide bonds. The van der Waals surface area contributed by atoms with Gasteiger partial charge < -0.3 is 9.47 Å². The van der Waals surface area contributed by atoms with E-state index in [0.29, 0.717) is 33.4 Å². The molecular weight excluding hydrogens is 535 g/mol. The van der Waals surface area contributed by atoms with Gasteiger partial charge in [0, 0.05) is 15.6 Å². The van der Waals surface area contributed by atoms with E-state index in [1.54, 1.807) is 42.5 Å². The van der Waals surface area contributed by atoms with Gasteiger partial charge in [-0.05, 0) is 54.6 Å². The van der Waals surface area contributed by atoms with Gasteiger partial charge in [0.15, 0.2) is 17.2 Å². The van der Waals surface area contributed by atoms with Crippen LogP contribution in [0.1, 0.15) is 10.4 Å². The summed E-state index contributed by atoms with van der Waals surface area (Å²) in [7, 11) is -2.70. The summed E-state index contributed by atoms with van der Waals surface area (Å²) in [5.74, 6) is 0.530. The molecule has 0 saturated heterocycles. The molecule has 0 unspecified atom stereocenters. The zero-order chi connectivity index (χ0) is 25.0. The molecule has 0 fully saturated rings. The van der Waals surface area contributed by atoms with Gasteiger partial charge in [-0.1, -0.05) is 46.7 Å². The second-order valence-electron chi connectivity index (χ2n) is 6.83. The molecule has 4 aromatic rings. The van der Waals surface area contributed by atoms with Crippen molar-refractivity contribution in [3.05, 3.63) is 82.3 Å². The molecule has 0 aliphatic heterocycles. The van der Waals surface area contributed by atoms with Gasteiger partial charge in [0.25, 0.3) is 20.3 Å². The number of anilines is 2. The third kappa shape index (κ3) is 6.01. The minimum atomic E-state index is -4.19. The van der Waals surface area contributed by atoms with Crippen molar-refractivity contribution in [1.82, 2.24) is 10.2 Å². The number of halogens is 2. The van der Waals surface area contributed by atoms with Crippen LogP contribution in [0.5, 0.6) is 17.2 Å². The number of carbonyl (C=O) groups excluding carboxylic acids is 1. The summed E-state index contributed by atoms with van der Waals surface area (Å²) >= 11 is 12.6. The Morgan fingerprint density at radius 2 is 1.60 bits per heavy atom. The van der Waals surface area contributed by atoms with E-state index in [1.165, 1.54) is 31.4 Å². The van der Waals surface area contributed by atoms with Gasteiger partial charge in [-0.15, -0.1) is 10.2 Å². The van der Waals surface area contributed by atoms with Crippen LogP contribution in [0.3, 0.4) is 0 Å². The van der Waals surface area contributed by atoms with Crippen molar-refractivity contribution in [3.8, 4) is 17.2 Å². The van der Waals surface area contributed by atoms with E-state index < -0.39 is 15.9 Å². The number of para-hydroxylation sites is 2. The topological polar surface area (TPSA) is 120 Å². The Balaban J connectivity index is 1.55. The van der Waals surface area contributed by atoms with Gasteiger partial charge in [-0.2, -0.15) is 8.42 Å². The summed E-state index contributed by atoms with van der Waals surface area (Å²) < 4.78 is 39.2. The molecule has 2 N–H and O–H groups in total. The van der Waals surface area contributed by atoms with E-state index in [4.69, 9.17) is 32.7 Å². The average molecular weight is 551 g/mol. The molecule has 0 saturated carbocycles. The standard InChI is InChI=1S/C22H16Cl2N4O5S2/c1-32-18-4-2-3-5-19(18)33-17-11-10-15(24)12-16(17)28-35(30,31)22-27-26-21(34-22)25-20(29)13-6-8-14(23)9-7-13/h2-12,28H,1H3,(H,25,26,29). The molecule has 1 heterocycles. The third-order valence-corrected chi connectivity index (χ3v) is 7.50. The molecule has 0 bridgehead atoms. The van der Waals surface area contributed by atoms with Gasteiger partial charge in [0.2, 0.25) is 5.13 Å². The number of carbonyl (C=O) groups is 1. The molecule has 3 aromatic carbocycles. The van der Waals surface area contributed by atoms with Crippen molar-refractivity contribution >= 4 is 61.3 Å². The molecule has 35 heavy (non-hydrogen) atoms. The van der Waals surface area contributed by atoms with Crippen molar-refractivity contribution in [2.24, 2.45) is 0 Å². The molecule has 0 spiro atoms. The first-order chi connectivity index (χ1) is 16.7. The summed E-state index contributed by atoms with van der Waals surface area (Å²) in [6, 6.07) is 17.5. The Kier molecular flexibility index (Phi) is 7.41. The molecule has 4 rings (SSSR count). The van der Waals surface area contributed by atoms with Gasteiger partial charge >= 0.3 is 0 Å². The van der Waals surface area contributed by atoms with E-state index in [0.717, 1.165) is 0 Å². The fourth-order valence-electron chi connectivity index (χ4n) is 2.82. The second-order valence-corrected chi connectivity index (χ2v) is 10.5. The first-order valence-electron chi connectivity index (χ1n) is 9.79.